The van der Waals surface area contributed by atoms with Crippen LogP contribution in [-0.4, -0.2) is 49.6 Å². The summed E-state index contributed by atoms with van der Waals surface area (Å²) in [5.74, 6) is -0.272. The smallest absolute Gasteiger partial charge is 0.319 e. The summed E-state index contributed by atoms with van der Waals surface area (Å²) in [6.07, 6.45) is 3.26. The van der Waals surface area contributed by atoms with Crippen LogP contribution in [0.2, 0.25) is 0 Å². The van der Waals surface area contributed by atoms with Crippen molar-refractivity contribution in [1.29, 1.82) is 0 Å². The molecule has 0 aromatic heterocycles. The summed E-state index contributed by atoms with van der Waals surface area (Å²) in [6, 6.07) is 4.15. The molecule has 0 spiro atoms. The van der Waals surface area contributed by atoms with Crippen LogP contribution in [0.1, 0.15) is 25.7 Å². The van der Waals surface area contributed by atoms with Crippen LogP contribution in [-0.2, 0) is 4.79 Å². The Balaban J connectivity index is 1.60. The van der Waals surface area contributed by atoms with E-state index in [0.29, 0.717) is 25.1 Å². The first kappa shape index (κ1) is 16.5. The molecule has 3 amide bonds. The number of benzene rings is 1. The SMILES string of the molecule is CN1C[C@H](NC(=O)Nc2cc(F)cc(N3CCCC3)c2)CCC1=O. The number of amides is 3. The maximum atomic E-state index is 13.8. The van der Waals surface area contributed by atoms with Gasteiger partial charge in [0.25, 0.3) is 0 Å². The second-order valence-electron chi connectivity index (χ2n) is 6.50. The van der Waals surface area contributed by atoms with Gasteiger partial charge in [-0.3, -0.25) is 4.79 Å². The van der Waals surface area contributed by atoms with Crippen LogP contribution in [0.5, 0.6) is 0 Å². The summed E-state index contributed by atoms with van der Waals surface area (Å²) in [5.41, 5.74) is 1.24. The molecule has 0 unspecified atom stereocenters. The Morgan fingerprint density at radius 1 is 1.25 bits per heavy atom. The lowest BCUT2D eigenvalue weighted by Crippen LogP contribution is -2.49. The fraction of sp³-hybridized carbons (Fsp3) is 0.529. The number of carbonyl (C=O) groups excluding carboxylic acids is 2. The van der Waals surface area contributed by atoms with Gasteiger partial charge < -0.3 is 20.4 Å². The van der Waals surface area contributed by atoms with Crippen molar-refractivity contribution in [3.8, 4) is 0 Å². The van der Waals surface area contributed by atoms with Crippen molar-refractivity contribution in [2.75, 3.05) is 36.9 Å². The van der Waals surface area contributed by atoms with Crippen LogP contribution in [0.3, 0.4) is 0 Å². The van der Waals surface area contributed by atoms with Crippen LogP contribution in [0.25, 0.3) is 0 Å². The molecule has 24 heavy (non-hydrogen) atoms. The standard InChI is InChI=1S/C17H23FN4O2/c1-21-11-13(4-5-16(21)23)19-17(24)20-14-8-12(18)9-15(10-14)22-6-2-3-7-22/h8-10,13H,2-7,11H2,1H3,(H2,19,20,24)/t13-/m1/s1. The Kier molecular flexibility index (Phi) is 4.87. The number of carbonyl (C=O) groups is 2. The molecule has 1 atom stereocenters. The Bertz CT molecular complexity index is 631. The van der Waals surface area contributed by atoms with Crippen LogP contribution in [0.4, 0.5) is 20.6 Å². The second kappa shape index (κ2) is 7.07. The maximum absolute atomic E-state index is 13.8. The molecular weight excluding hydrogens is 311 g/mol. The van der Waals surface area contributed by atoms with Gasteiger partial charge >= 0.3 is 6.03 Å². The Morgan fingerprint density at radius 3 is 2.71 bits per heavy atom. The quantitative estimate of drug-likeness (QED) is 0.890. The molecule has 7 heteroatoms. The number of nitrogens with one attached hydrogen (secondary N) is 2. The molecule has 0 aliphatic carbocycles. The second-order valence-corrected chi connectivity index (χ2v) is 6.50. The van der Waals surface area contributed by atoms with Crippen LogP contribution in [0.15, 0.2) is 18.2 Å². The molecule has 2 aliphatic rings. The van der Waals surface area contributed by atoms with Gasteiger partial charge in [0.05, 0.1) is 0 Å². The first-order valence-corrected chi connectivity index (χ1v) is 8.38. The molecule has 1 aromatic rings. The number of nitrogens with zero attached hydrogens (tertiary/aromatic N) is 2. The van der Waals surface area contributed by atoms with Crippen LogP contribution in [0, 0.1) is 5.82 Å². The van der Waals surface area contributed by atoms with Gasteiger partial charge in [-0.15, -0.1) is 0 Å². The minimum absolute atomic E-state index is 0.0840. The minimum atomic E-state index is -0.374. The van der Waals surface area contributed by atoms with Crippen molar-refractivity contribution in [2.45, 2.75) is 31.7 Å². The first-order chi connectivity index (χ1) is 11.5. The summed E-state index contributed by atoms with van der Waals surface area (Å²) in [4.78, 5) is 27.4. The number of urea groups is 1. The highest BCUT2D eigenvalue weighted by atomic mass is 19.1. The van der Waals surface area contributed by atoms with Crippen molar-refractivity contribution < 1.29 is 14.0 Å². The van der Waals surface area contributed by atoms with E-state index in [-0.39, 0.29) is 23.8 Å². The van der Waals surface area contributed by atoms with E-state index in [2.05, 4.69) is 15.5 Å². The molecule has 3 rings (SSSR count). The van der Waals surface area contributed by atoms with E-state index in [1.165, 1.54) is 12.1 Å². The Hall–Kier alpha value is -2.31. The van der Waals surface area contributed by atoms with Gasteiger partial charge in [-0.1, -0.05) is 0 Å². The molecule has 0 bridgehead atoms. The van der Waals surface area contributed by atoms with Crippen LogP contribution < -0.4 is 15.5 Å². The molecule has 2 aliphatic heterocycles. The highest BCUT2D eigenvalue weighted by Gasteiger charge is 2.24. The lowest BCUT2D eigenvalue weighted by atomic mass is 10.1. The Labute approximate surface area is 141 Å². The molecule has 1 aromatic carbocycles. The monoisotopic (exact) mass is 334 g/mol. The van der Waals surface area contributed by atoms with E-state index < -0.39 is 0 Å². The molecule has 2 fully saturated rings. The Morgan fingerprint density at radius 2 is 2.00 bits per heavy atom. The van der Waals surface area contributed by atoms with E-state index in [4.69, 9.17) is 0 Å². The normalized spacial score (nSPS) is 21.1. The average Bonchev–Trinajstić information content (AvgIpc) is 3.04. The van der Waals surface area contributed by atoms with Crippen molar-refractivity contribution in [2.24, 2.45) is 0 Å². The lowest BCUT2D eigenvalue weighted by Gasteiger charge is -2.30. The first-order valence-electron chi connectivity index (χ1n) is 8.38. The minimum Gasteiger partial charge on any atom is -0.371 e. The van der Waals surface area contributed by atoms with Gasteiger partial charge in [-0.05, 0) is 37.5 Å². The van der Waals surface area contributed by atoms with Crippen molar-refractivity contribution in [3.05, 3.63) is 24.0 Å². The summed E-state index contributed by atoms with van der Waals surface area (Å²) in [6.45, 7) is 2.32. The van der Waals surface area contributed by atoms with Crippen LogP contribution >= 0.6 is 0 Å². The lowest BCUT2D eigenvalue weighted by molar-refractivity contribution is -0.132. The largest absolute Gasteiger partial charge is 0.371 e. The topological polar surface area (TPSA) is 64.7 Å². The molecule has 130 valence electrons. The van der Waals surface area contributed by atoms with Crippen molar-refractivity contribution in [1.82, 2.24) is 10.2 Å². The number of anilines is 2. The summed E-state index contributed by atoms with van der Waals surface area (Å²) < 4.78 is 13.8. The third kappa shape index (κ3) is 3.96. The number of piperidine rings is 1. The molecule has 0 saturated carbocycles. The average molecular weight is 334 g/mol. The zero-order valence-electron chi connectivity index (χ0n) is 13.8. The van der Waals surface area contributed by atoms with Gasteiger partial charge in [0.15, 0.2) is 0 Å². The molecular formula is C17H23FN4O2. The zero-order chi connectivity index (χ0) is 17.1. The summed E-state index contributed by atoms with van der Waals surface area (Å²) >= 11 is 0. The summed E-state index contributed by atoms with van der Waals surface area (Å²) in [7, 11) is 1.73. The molecule has 0 radical (unpaired) electrons. The molecule has 2 saturated heterocycles. The van der Waals surface area contributed by atoms with E-state index in [1.807, 2.05) is 0 Å². The predicted octanol–water partition coefficient (Wildman–Crippen LogP) is 2.17. The fourth-order valence-electron chi connectivity index (χ4n) is 3.29. The van der Waals surface area contributed by atoms with E-state index in [1.54, 1.807) is 18.0 Å². The van der Waals surface area contributed by atoms with Crippen molar-refractivity contribution in [3.63, 3.8) is 0 Å². The fourth-order valence-corrected chi connectivity index (χ4v) is 3.29. The predicted molar refractivity (Wildman–Crippen MR) is 90.7 cm³/mol. The third-order valence-electron chi connectivity index (χ3n) is 4.57. The highest BCUT2D eigenvalue weighted by Crippen LogP contribution is 2.25. The highest BCUT2D eigenvalue weighted by molar-refractivity contribution is 5.90. The van der Waals surface area contributed by atoms with E-state index in [9.17, 15) is 14.0 Å². The third-order valence-corrected chi connectivity index (χ3v) is 4.57. The number of hydrogen-bond donors (Lipinski definition) is 2. The van der Waals surface area contributed by atoms with Gasteiger partial charge in [0.2, 0.25) is 5.91 Å². The number of halogens is 1. The van der Waals surface area contributed by atoms with Crippen molar-refractivity contribution >= 4 is 23.3 Å². The van der Waals surface area contributed by atoms with Gasteiger partial charge in [0, 0.05) is 50.5 Å². The number of rotatable bonds is 3. The van der Waals surface area contributed by atoms with Gasteiger partial charge in [0.1, 0.15) is 5.82 Å². The molecule has 2 heterocycles. The van der Waals surface area contributed by atoms with Gasteiger partial charge in [-0.25, -0.2) is 9.18 Å². The maximum Gasteiger partial charge on any atom is 0.319 e. The van der Waals surface area contributed by atoms with E-state index in [0.717, 1.165) is 31.6 Å². The number of hydrogen-bond acceptors (Lipinski definition) is 3. The van der Waals surface area contributed by atoms with Gasteiger partial charge in [-0.2, -0.15) is 0 Å². The number of likely N-dealkylation sites (N-methyl/N-ethyl adjacent to an activating group) is 1. The van der Waals surface area contributed by atoms with E-state index >= 15 is 0 Å². The summed E-state index contributed by atoms with van der Waals surface area (Å²) in [5, 5.41) is 5.55. The molecule has 6 nitrogen and oxygen atoms in total. The molecule has 2 N–H and O–H groups in total. The zero-order valence-corrected chi connectivity index (χ0v) is 13.8. The number of likely N-dealkylation sites (tertiary alicyclic amines) is 1.